The zero-order valence-corrected chi connectivity index (χ0v) is 10.6. The van der Waals surface area contributed by atoms with Crippen molar-refractivity contribution in [2.45, 2.75) is 32.9 Å². The van der Waals surface area contributed by atoms with Gasteiger partial charge in [-0.1, -0.05) is 6.92 Å². The molecule has 1 unspecified atom stereocenters. The summed E-state index contributed by atoms with van der Waals surface area (Å²) < 4.78 is 12.8. The molecule has 5 heteroatoms. The molecule has 0 bridgehead atoms. The normalized spacial score (nSPS) is 12.6. The summed E-state index contributed by atoms with van der Waals surface area (Å²) in [6.07, 6.45) is 3.99. The van der Waals surface area contributed by atoms with E-state index in [0.29, 0.717) is 18.3 Å². The lowest BCUT2D eigenvalue weighted by Gasteiger charge is -2.08. The quantitative estimate of drug-likeness (QED) is 0.854. The van der Waals surface area contributed by atoms with Gasteiger partial charge in [0.15, 0.2) is 0 Å². The number of hydrogen-bond acceptors (Lipinski definition) is 3. The van der Waals surface area contributed by atoms with Crippen LogP contribution >= 0.6 is 0 Å². The van der Waals surface area contributed by atoms with Crippen LogP contribution in [0.3, 0.4) is 0 Å². The molecule has 1 atom stereocenters. The summed E-state index contributed by atoms with van der Waals surface area (Å²) in [5.74, 6) is 0.522. The molecule has 0 saturated carbocycles. The predicted octanol–water partition coefficient (Wildman–Crippen LogP) is 2.50. The summed E-state index contributed by atoms with van der Waals surface area (Å²) in [7, 11) is 0. The largest absolute Gasteiger partial charge is 0.340 e. The maximum atomic E-state index is 12.8. The Labute approximate surface area is 106 Å². The Balaban J connectivity index is 2.03. The van der Waals surface area contributed by atoms with Crippen LogP contribution in [0.4, 0.5) is 4.39 Å². The average molecular weight is 248 g/mol. The molecule has 0 spiro atoms. The SMILES string of the molecule is CCC(C)NCc1ncc(-c2ccc(F)cn2)[nH]1. The first-order valence-electron chi connectivity index (χ1n) is 6.08. The molecule has 18 heavy (non-hydrogen) atoms. The highest BCUT2D eigenvalue weighted by atomic mass is 19.1. The van der Waals surface area contributed by atoms with Gasteiger partial charge in [0.05, 0.1) is 30.3 Å². The van der Waals surface area contributed by atoms with Crippen LogP contribution in [0.15, 0.2) is 24.5 Å². The van der Waals surface area contributed by atoms with Crippen LogP contribution in [0, 0.1) is 5.82 Å². The monoisotopic (exact) mass is 248 g/mol. The van der Waals surface area contributed by atoms with Crippen molar-refractivity contribution in [1.82, 2.24) is 20.3 Å². The lowest BCUT2D eigenvalue weighted by molar-refractivity contribution is 0.525. The molecule has 0 aliphatic carbocycles. The zero-order chi connectivity index (χ0) is 13.0. The van der Waals surface area contributed by atoms with E-state index in [1.807, 2.05) is 0 Å². The molecule has 4 nitrogen and oxygen atoms in total. The van der Waals surface area contributed by atoms with Crippen molar-refractivity contribution in [2.75, 3.05) is 0 Å². The van der Waals surface area contributed by atoms with E-state index < -0.39 is 0 Å². The number of imidazole rings is 1. The Bertz CT molecular complexity index is 492. The van der Waals surface area contributed by atoms with Gasteiger partial charge < -0.3 is 10.3 Å². The van der Waals surface area contributed by atoms with E-state index in [9.17, 15) is 4.39 Å². The topological polar surface area (TPSA) is 53.6 Å². The second kappa shape index (κ2) is 5.73. The van der Waals surface area contributed by atoms with Gasteiger partial charge in [0.2, 0.25) is 0 Å². The van der Waals surface area contributed by atoms with E-state index in [1.165, 1.54) is 12.3 Å². The summed E-state index contributed by atoms with van der Waals surface area (Å²) in [5, 5.41) is 3.35. The first-order chi connectivity index (χ1) is 8.69. The zero-order valence-electron chi connectivity index (χ0n) is 10.6. The Morgan fingerprint density at radius 2 is 2.17 bits per heavy atom. The minimum Gasteiger partial charge on any atom is -0.340 e. The highest BCUT2D eigenvalue weighted by Gasteiger charge is 2.05. The number of aromatic nitrogens is 3. The van der Waals surface area contributed by atoms with Gasteiger partial charge >= 0.3 is 0 Å². The molecule has 0 radical (unpaired) electrons. The first kappa shape index (κ1) is 12.7. The van der Waals surface area contributed by atoms with Gasteiger partial charge in [0.1, 0.15) is 11.6 Å². The van der Waals surface area contributed by atoms with E-state index in [0.717, 1.165) is 17.9 Å². The molecule has 0 aliphatic heterocycles. The highest BCUT2D eigenvalue weighted by molar-refractivity contribution is 5.52. The maximum Gasteiger partial charge on any atom is 0.141 e. The molecule has 2 rings (SSSR count). The molecular formula is C13H17FN4. The number of aromatic amines is 1. The average Bonchev–Trinajstić information content (AvgIpc) is 2.85. The molecule has 2 heterocycles. The minimum atomic E-state index is -0.336. The fourth-order valence-electron chi connectivity index (χ4n) is 1.53. The Hall–Kier alpha value is -1.75. The number of hydrogen-bond donors (Lipinski definition) is 2. The number of pyridine rings is 1. The molecule has 0 aromatic carbocycles. The van der Waals surface area contributed by atoms with Gasteiger partial charge in [-0.3, -0.25) is 4.98 Å². The second-order valence-electron chi connectivity index (χ2n) is 4.30. The van der Waals surface area contributed by atoms with E-state index in [4.69, 9.17) is 0 Å². The lowest BCUT2D eigenvalue weighted by Crippen LogP contribution is -2.24. The first-order valence-corrected chi connectivity index (χ1v) is 6.08. The van der Waals surface area contributed by atoms with Crippen molar-refractivity contribution >= 4 is 0 Å². The van der Waals surface area contributed by atoms with Crippen LogP contribution in [0.5, 0.6) is 0 Å². The highest BCUT2D eigenvalue weighted by Crippen LogP contribution is 2.14. The molecule has 0 fully saturated rings. The van der Waals surface area contributed by atoms with Gasteiger partial charge in [-0.15, -0.1) is 0 Å². The van der Waals surface area contributed by atoms with E-state index in [-0.39, 0.29) is 5.82 Å². The molecule has 2 aromatic rings. The van der Waals surface area contributed by atoms with Gasteiger partial charge in [0.25, 0.3) is 0 Å². The predicted molar refractivity (Wildman–Crippen MR) is 68.4 cm³/mol. The summed E-state index contributed by atoms with van der Waals surface area (Å²) in [6, 6.07) is 3.48. The van der Waals surface area contributed by atoms with Crippen LogP contribution in [-0.2, 0) is 6.54 Å². The lowest BCUT2D eigenvalue weighted by atomic mass is 10.2. The van der Waals surface area contributed by atoms with Crippen LogP contribution in [0.2, 0.25) is 0 Å². The number of H-pyrrole nitrogens is 1. The van der Waals surface area contributed by atoms with Gasteiger partial charge in [0, 0.05) is 6.04 Å². The van der Waals surface area contributed by atoms with Crippen LogP contribution < -0.4 is 5.32 Å². The molecule has 0 saturated heterocycles. The standard InChI is InChI=1S/C13H17FN4/c1-3-9(2)15-8-13-17-7-12(18-13)11-5-4-10(14)6-16-11/h4-7,9,15H,3,8H2,1-2H3,(H,17,18). The van der Waals surface area contributed by atoms with Crippen LogP contribution in [0.1, 0.15) is 26.1 Å². The molecule has 2 aromatic heterocycles. The fraction of sp³-hybridized carbons (Fsp3) is 0.385. The third-order valence-electron chi connectivity index (χ3n) is 2.86. The Morgan fingerprint density at radius 1 is 1.33 bits per heavy atom. The molecule has 0 amide bonds. The summed E-state index contributed by atoms with van der Waals surface area (Å²) in [4.78, 5) is 11.4. The number of rotatable bonds is 5. The maximum absolute atomic E-state index is 12.8. The number of nitrogens with zero attached hydrogens (tertiary/aromatic N) is 2. The van der Waals surface area contributed by atoms with Crippen LogP contribution in [-0.4, -0.2) is 21.0 Å². The number of halogens is 1. The van der Waals surface area contributed by atoms with Crippen molar-refractivity contribution < 1.29 is 4.39 Å². The van der Waals surface area contributed by atoms with Crippen molar-refractivity contribution in [1.29, 1.82) is 0 Å². The summed E-state index contributed by atoms with van der Waals surface area (Å²) >= 11 is 0. The molecular weight excluding hydrogens is 231 g/mol. The molecule has 96 valence electrons. The fourth-order valence-corrected chi connectivity index (χ4v) is 1.53. The third-order valence-corrected chi connectivity index (χ3v) is 2.86. The van der Waals surface area contributed by atoms with E-state index >= 15 is 0 Å². The van der Waals surface area contributed by atoms with E-state index in [1.54, 1.807) is 12.3 Å². The van der Waals surface area contributed by atoms with Crippen LogP contribution in [0.25, 0.3) is 11.4 Å². The van der Waals surface area contributed by atoms with Crippen molar-refractivity contribution in [3.63, 3.8) is 0 Å². The van der Waals surface area contributed by atoms with Crippen molar-refractivity contribution in [2.24, 2.45) is 0 Å². The molecule has 0 aliphatic rings. The number of nitrogens with one attached hydrogen (secondary N) is 2. The van der Waals surface area contributed by atoms with Crippen molar-refractivity contribution in [3.8, 4) is 11.4 Å². The summed E-state index contributed by atoms with van der Waals surface area (Å²) in [6.45, 7) is 4.95. The smallest absolute Gasteiger partial charge is 0.141 e. The van der Waals surface area contributed by atoms with Gasteiger partial charge in [-0.05, 0) is 25.5 Å². The summed E-state index contributed by atoms with van der Waals surface area (Å²) in [5.41, 5.74) is 1.50. The van der Waals surface area contributed by atoms with E-state index in [2.05, 4.69) is 34.1 Å². The van der Waals surface area contributed by atoms with Gasteiger partial charge in [-0.2, -0.15) is 0 Å². The minimum absolute atomic E-state index is 0.336. The van der Waals surface area contributed by atoms with Gasteiger partial charge in [-0.25, -0.2) is 9.37 Å². The Morgan fingerprint density at radius 3 is 2.83 bits per heavy atom. The van der Waals surface area contributed by atoms with Crippen molar-refractivity contribution in [3.05, 3.63) is 36.2 Å². The third kappa shape index (κ3) is 3.13. The Kier molecular flexibility index (Phi) is 4.04. The molecule has 2 N–H and O–H groups in total. The second-order valence-corrected chi connectivity index (χ2v) is 4.30.